The minimum Gasteiger partial charge on any atom is -0.298 e. The summed E-state index contributed by atoms with van der Waals surface area (Å²) in [4.78, 5) is 37.9. The molecule has 0 aliphatic rings. The first-order valence-electron chi connectivity index (χ1n) is 4.57. The van der Waals surface area contributed by atoms with Crippen molar-refractivity contribution in [1.82, 2.24) is 14.1 Å². The Morgan fingerprint density at radius 1 is 1.25 bits per heavy atom. The molecule has 0 aliphatic carbocycles. The lowest BCUT2D eigenvalue weighted by Crippen LogP contribution is -2.37. The van der Waals surface area contributed by atoms with Crippen LogP contribution < -0.4 is 11.2 Å². The Morgan fingerprint density at radius 2 is 1.94 bits per heavy atom. The van der Waals surface area contributed by atoms with Crippen molar-refractivity contribution in [2.24, 2.45) is 14.1 Å². The van der Waals surface area contributed by atoms with Crippen molar-refractivity contribution in [3.8, 4) is 0 Å². The number of pyridine rings is 1. The molecule has 0 radical (unpaired) electrons. The third kappa shape index (κ3) is 1.27. The highest BCUT2D eigenvalue weighted by Crippen LogP contribution is 2.05. The molecule has 6 nitrogen and oxygen atoms in total. The van der Waals surface area contributed by atoms with Gasteiger partial charge in [-0.25, -0.2) is 9.78 Å². The number of nitrogens with zero attached hydrogens (tertiary/aromatic N) is 3. The molecule has 2 aromatic rings. The predicted molar refractivity (Wildman–Crippen MR) is 57.6 cm³/mol. The summed E-state index contributed by atoms with van der Waals surface area (Å²) >= 11 is 0. The molecule has 16 heavy (non-hydrogen) atoms. The second-order valence-electron chi connectivity index (χ2n) is 3.46. The van der Waals surface area contributed by atoms with Gasteiger partial charge in [0.1, 0.15) is 5.65 Å². The van der Waals surface area contributed by atoms with Gasteiger partial charge in [0.2, 0.25) is 0 Å². The fourth-order valence-electron chi connectivity index (χ4n) is 1.55. The molecule has 2 aromatic heterocycles. The Balaban J connectivity index is 3.09. The summed E-state index contributed by atoms with van der Waals surface area (Å²) in [5.41, 5.74) is -0.305. The van der Waals surface area contributed by atoms with E-state index < -0.39 is 11.2 Å². The van der Waals surface area contributed by atoms with Crippen molar-refractivity contribution in [3.63, 3.8) is 0 Å². The Hall–Kier alpha value is -2.24. The minimum absolute atomic E-state index is 0.259. The Bertz CT molecular complexity index is 697. The maximum atomic E-state index is 11.8. The van der Waals surface area contributed by atoms with E-state index in [2.05, 4.69) is 4.98 Å². The summed E-state index contributed by atoms with van der Waals surface area (Å²) in [5.74, 6) is 0. The van der Waals surface area contributed by atoms with Gasteiger partial charge >= 0.3 is 5.69 Å². The van der Waals surface area contributed by atoms with Crippen LogP contribution >= 0.6 is 0 Å². The van der Waals surface area contributed by atoms with Crippen molar-refractivity contribution < 1.29 is 4.79 Å². The average Bonchev–Trinajstić information content (AvgIpc) is 2.33. The van der Waals surface area contributed by atoms with Gasteiger partial charge < -0.3 is 0 Å². The van der Waals surface area contributed by atoms with Crippen LogP contribution in [-0.4, -0.2) is 20.4 Å². The van der Waals surface area contributed by atoms with E-state index in [0.717, 1.165) is 4.57 Å². The number of hydrogen-bond donors (Lipinski definition) is 0. The van der Waals surface area contributed by atoms with Crippen LogP contribution in [0.15, 0.2) is 21.9 Å². The quantitative estimate of drug-likeness (QED) is 0.603. The fourth-order valence-corrected chi connectivity index (χ4v) is 1.55. The van der Waals surface area contributed by atoms with Crippen LogP contribution in [-0.2, 0) is 14.1 Å². The number of hydrogen-bond acceptors (Lipinski definition) is 4. The number of aryl methyl sites for hydroxylation is 1. The van der Waals surface area contributed by atoms with Crippen LogP contribution in [0.2, 0.25) is 0 Å². The van der Waals surface area contributed by atoms with Gasteiger partial charge in [0, 0.05) is 25.9 Å². The van der Waals surface area contributed by atoms with Crippen LogP contribution in [0.1, 0.15) is 10.4 Å². The van der Waals surface area contributed by atoms with Crippen LogP contribution in [0.5, 0.6) is 0 Å². The van der Waals surface area contributed by atoms with Gasteiger partial charge in [-0.1, -0.05) is 0 Å². The second kappa shape index (κ2) is 3.41. The summed E-state index contributed by atoms with van der Waals surface area (Å²) in [6, 6.07) is 1.43. The smallest absolute Gasteiger partial charge is 0.298 e. The molecule has 0 N–H and O–H groups in total. The van der Waals surface area contributed by atoms with Crippen molar-refractivity contribution in [2.75, 3.05) is 0 Å². The number of rotatable bonds is 1. The largest absolute Gasteiger partial charge is 0.332 e. The van der Waals surface area contributed by atoms with Crippen LogP contribution in [0.4, 0.5) is 0 Å². The average molecular weight is 219 g/mol. The number of aromatic nitrogens is 3. The first-order valence-corrected chi connectivity index (χ1v) is 4.57. The van der Waals surface area contributed by atoms with Crippen LogP contribution in [0.3, 0.4) is 0 Å². The third-order valence-corrected chi connectivity index (χ3v) is 2.45. The summed E-state index contributed by atoms with van der Waals surface area (Å²) in [6.07, 6.45) is 1.94. The summed E-state index contributed by atoms with van der Waals surface area (Å²) in [5, 5.41) is 0.259. The molecule has 0 aromatic carbocycles. The van der Waals surface area contributed by atoms with E-state index >= 15 is 0 Å². The van der Waals surface area contributed by atoms with Crippen molar-refractivity contribution in [3.05, 3.63) is 38.7 Å². The van der Waals surface area contributed by atoms with Crippen molar-refractivity contribution in [1.29, 1.82) is 0 Å². The molecule has 0 saturated carbocycles. The van der Waals surface area contributed by atoms with Crippen LogP contribution in [0, 0.1) is 0 Å². The maximum Gasteiger partial charge on any atom is 0.332 e. The zero-order valence-electron chi connectivity index (χ0n) is 8.80. The monoisotopic (exact) mass is 219 g/mol. The first-order chi connectivity index (χ1) is 7.56. The van der Waals surface area contributed by atoms with Crippen LogP contribution in [0.25, 0.3) is 11.0 Å². The number of carbonyl (C=O) groups is 1. The zero-order valence-corrected chi connectivity index (χ0v) is 8.80. The van der Waals surface area contributed by atoms with Gasteiger partial charge in [-0.3, -0.25) is 18.7 Å². The van der Waals surface area contributed by atoms with Crippen molar-refractivity contribution >= 4 is 17.3 Å². The number of fused-ring (bicyclic) bond motifs is 1. The first kappa shape index (κ1) is 10.3. The van der Waals surface area contributed by atoms with E-state index in [1.807, 2.05) is 0 Å². The molecule has 0 aliphatic heterocycles. The highest BCUT2D eigenvalue weighted by Gasteiger charge is 2.09. The van der Waals surface area contributed by atoms with Gasteiger partial charge in [0.05, 0.1) is 5.39 Å². The van der Waals surface area contributed by atoms with Gasteiger partial charge in [-0.05, 0) is 6.07 Å². The molecular weight excluding hydrogens is 210 g/mol. The summed E-state index contributed by atoms with van der Waals surface area (Å²) in [7, 11) is 2.91. The third-order valence-electron chi connectivity index (χ3n) is 2.45. The van der Waals surface area contributed by atoms with E-state index in [-0.39, 0.29) is 11.0 Å². The molecule has 0 fully saturated rings. The highest BCUT2D eigenvalue weighted by atomic mass is 16.2. The predicted octanol–water partition coefficient (Wildman–Crippen LogP) is -0.555. The molecule has 2 heterocycles. The van der Waals surface area contributed by atoms with Gasteiger partial charge in [0.25, 0.3) is 5.56 Å². The molecule has 0 spiro atoms. The molecule has 0 unspecified atom stereocenters. The van der Waals surface area contributed by atoms with Gasteiger partial charge in [-0.2, -0.15) is 0 Å². The Labute approximate surface area is 89.8 Å². The van der Waals surface area contributed by atoms with Gasteiger partial charge in [-0.15, -0.1) is 0 Å². The molecular formula is C10H9N3O3. The highest BCUT2D eigenvalue weighted by molar-refractivity contribution is 5.83. The molecule has 82 valence electrons. The lowest BCUT2D eigenvalue weighted by Gasteiger charge is -2.05. The molecule has 6 heteroatoms. The lowest BCUT2D eigenvalue weighted by molar-refractivity contribution is 0.112. The molecule has 0 amide bonds. The van der Waals surface area contributed by atoms with E-state index in [0.29, 0.717) is 11.8 Å². The second-order valence-corrected chi connectivity index (χ2v) is 3.46. The molecule has 2 rings (SSSR count). The fraction of sp³-hybridized carbons (Fsp3) is 0.200. The van der Waals surface area contributed by atoms with E-state index in [1.54, 1.807) is 0 Å². The number of carbonyl (C=O) groups excluding carboxylic acids is 1. The Kier molecular flexibility index (Phi) is 2.19. The Morgan fingerprint density at radius 3 is 2.56 bits per heavy atom. The SMILES string of the molecule is Cn1c(=O)c2cc(C=O)cnc2n(C)c1=O. The topological polar surface area (TPSA) is 74.0 Å². The normalized spacial score (nSPS) is 10.6. The van der Waals surface area contributed by atoms with E-state index in [1.165, 1.54) is 30.9 Å². The summed E-state index contributed by atoms with van der Waals surface area (Å²) in [6.45, 7) is 0. The van der Waals surface area contributed by atoms with E-state index in [9.17, 15) is 14.4 Å². The lowest BCUT2D eigenvalue weighted by atomic mass is 10.2. The standard InChI is InChI=1S/C10H9N3O3/c1-12-8-7(3-6(5-14)4-11-8)9(15)13(2)10(12)16/h3-5H,1-2H3. The molecule has 0 bridgehead atoms. The van der Waals surface area contributed by atoms with Gasteiger partial charge in [0.15, 0.2) is 6.29 Å². The minimum atomic E-state index is -0.450. The molecule has 0 atom stereocenters. The summed E-state index contributed by atoms with van der Waals surface area (Å²) < 4.78 is 2.25. The number of aldehydes is 1. The molecule has 0 saturated heterocycles. The van der Waals surface area contributed by atoms with E-state index in [4.69, 9.17) is 0 Å². The maximum absolute atomic E-state index is 11.8. The zero-order chi connectivity index (χ0) is 11.9. The van der Waals surface area contributed by atoms with Crippen molar-refractivity contribution in [2.45, 2.75) is 0 Å².